The van der Waals surface area contributed by atoms with E-state index >= 15 is 0 Å². The molecule has 1 aliphatic heterocycles. The maximum absolute atomic E-state index is 12.2. The van der Waals surface area contributed by atoms with Crippen LogP contribution in [0.15, 0.2) is 24.3 Å². The molecule has 1 aliphatic rings. The summed E-state index contributed by atoms with van der Waals surface area (Å²) in [7, 11) is 2.00. The van der Waals surface area contributed by atoms with Crippen molar-refractivity contribution in [2.75, 3.05) is 26.8 Å². The summed E-state index contributed by atoms with van der Waals surface area (Å²) in [6.45, 7) is 6.23. The number of rotatable bonds is 6. The second-order valence-corrected chi connectivity index (χ2v) is 6.89. The van der Waals surface area contributed by atoms with E-state index in [0.29, 0.717) is 12.5 Å². The van der Waals surface area contributed by atoms with E-state index in [0.717, 1.165) is 31.1 Å². The standard InChI is InChI=1S/C18H27ClN2O2/c1-13(15-4-6-16(19)7-5-15)14(2)21(3)12-18(22)20-17-8-10-23-11-9-17/h4-7,13-14,17H,8-12H2,1-3H3,(H,20,22)/t13-,14+/m1/s1. The highest BCUT2D eigenvalue weighted by Crippen LogP contribution is 2.23. The Hall–Kier alpha value is -1.10. The lowest BCUT2D eigenvalue weighted by Crippen LogP contribution is -2.46. The quantitative estimate of drug-likeness (QED) is 0.866. The fourth-order valence-corrected chi connectivity index (χ4v) is 3.04. The fraction of sp³-hybridized carbons (Fsp3) is 0.611. The van der Waals surface area contributed by atoms with E-state index in [9.17, 15) is 4.79 Å². The molecule has 0 aromatic heterocycles. The number of halogens is 1. The second kappa shape index (κ2) is 8.67. The minimum absolute atomic E-state index is 0.0922. The average molecular weight is 339 g/mol. The Bertz CT molecular complexity index is 500. The molecule has 0 spiro atoms. The summed E-state index contributed by atoms with van der Waals surface area (Å²) in [5.41, 5.74) is 1.23. The molecule has 1 amide bonds. The van der Waals surface area contributed by atoms with Crippen molar-refractivity contribution in [3.05, 3.63) is 34.9 Å². The van der Waals surface area contributed by atoms with Crippen molar-refractivity contribution in [2.24, 2.45) is 0 Å². The Kier molecular flexibility index (Phi) is 6.88. The fourth-order valence-electron chi connectivity index (χ4n) is 2.91. The molecule has 23 heavy (non-hydrogen) atoms. The predicted molar refractivity (Wildman–Crippen MR) is 93.9 cm³/mol. The number of nitrogens with zero attached hydrogens (tertiary/aromatic N) is 1. The van der Waals surface area contributed by atoms with Gasteiger partial charge >= 0.3 is 0 Å². The normalized spacial score (nSPS) is 18.7. The predicted octanol–water partition coefficient (Wildman–Crippen LogP) is 3.06. The molecule has 1 heterocycles. The first-order valence-corrected chi connectivity index (χ1v) is 8.68. The zero-order valence-electron chi connectivity index (χ0n) is 14.2. The Morgan fingerprint density at radius 3 is 2.52 bits per heavy atom. The molecule has 128 valence electrons. The third-order valence-corrected chi connectivity index (χ3v) is 5.05. The number of carbonyl (C=O) groups excluding carboxylic acids is 1. The van der Waals surface area contributed by atoms with Gasteiger partial charge < -0.3 is 10.1 Å². The topological polar surface area (TPSA) is 41.6 Å². The van der Waals surface area contributed by atoms with Crippen LogP contribution in [-0.4, -0.2) is 49.7 Å². The van der Waals surface area contributed by atoms with Crippen LogP contribution in [0.5, 0.6) is 0 Å². The van der Waals surface area contributed by atoms with Gasteiger partial charge in [-0.05, 0) is 50.4 Å². The lowest BCUT2D eigenvalue weighted by Gasteiger charge is -2.31. The van der Waals surface area contributed by atoms with Crippen molar-refractivity contribution in [3.63, 3.8) is 0 Å². The molecule has 5 heteroatoms. The number of benzene rings is 1. The lowest BCUT2D eigenvalue weighted by atomic mass is 9.93. The van der Waals surface area contributed by atoms with Crippen LogP contribution in [0.2, 0.25) is 5.02 Å². The van der Waals surface area contributed by atoms with Crippen LogP contribution in [0.4, 0.5) is 0 Å². The van der Waals surface area contributed by atoms with Crippen molar-refractivity contribution in [1.29, 1.82) is 0 Å². The van der Waals surface area contributed by atoms with Crippen LogP contribution >= 0.6 is 11.6 Å². The molecule has 0 saturated carbocycles. The SMILES string of the molecule is C[C@@H](c1ccc(Cl)cc1)[C@H](C)N(C)CC(=O)NC1CCOCC1. The highest BCUT2D eigenvalue weighted by Gasteiger charge is 2.22. The smallest absolute Gasteiger partial charge is 0.234 e. The van der Waals surface area contributed by atoms with E-state index in [4.69, 9.17) is 16.3 Å². The average Bonchev–Trinajstić information content (AvgIpc) is 2.55. The van der Waals surface area contributed by atoms with Gasteiger partial charge in [-0.15, -0.1) is 0 Å². The summed E-state index contributed by atoms with van der Waals surface area (Å²) in [5, 5.41) is 3.86. The lowest BCUT2D eigenvalue weighted by molar-refractivity contribution is -0.123. The Morgan fingerprint density at radius 2 is 1.91 bits per heavy atom. The Morgan fingerprint density at radius 1 is 1.30 bits per heavy atom. The summed E-state index contributed by atoms with van der Waals surface area (Å²) < 4.78 is 5.32. The van der Waals surface area contributed by atoms with Gasteiger partial charge in [0.05, 0.1) is 6.54 Å². The maximum atomic E-state index is 12.2. The van der Waals surface area contributed by atoms with Gasteiger partial charge in [-0.25, -0.2) is 0 Å². The number of likely N-dealkylation sites (N-methyl/N-ethyl adjacent to an activating group) is 1. The van der Waals surface area contributed by atoms with Crippen molar-refractivity contribution in [3.8, 4) is 0 Å². The third-order valence-electron chi connectivity index (χ3n) is 4.79. The molecule has 1 saturated heterocycles. The largest absolute Gasteiger partial charge is 0.381 e. The molecule has 1 N–H and O–H groups in total. The van der Waals surface area contributed by atoms with Crippen LogP contribution < -0.4 is 5.32 Å². The minimum atomic E-state index is 0.0922. The first-order valence-electron chi connectivity index (χ1n) is 8.30. The van der Waals surface area contributed by atoms with Crippen molar-refractivity contribution < 1.29 is 9.53 Å². The van der Waals surface area contributed by atoms with E-state index in [2.05, 4.69) is 36.2 Å². The number of ether oxygens (including phenoxy) is 1. The Balaban J connectivity index is 1.84. The van der Waals surface area contributed by atoms with Gasteiger partial charge in [0.25, 0.3) is 0 Å². The number of carbonyl (C=O) groups is 1. The zero-order valence-corrected chi connectivity index (χ0v) is 15.0. The summed E-state index contributed by atoms with van der Waals surface area (Å²) in [5.74, 6) is 0.419. The molecule has 0 aliphatic carbocycles. The molecule has 0 radical (unpaired) electrons. The second-order valence-electron chi connectivity index (χ2n) is 6.45. The maximum Gasteiger partial charge on any atom is 0.234 e. The van der Waals surface area contributed by atoms with Crippen LogP contribution in [-0.2, 0) is 9.53 Å². The molecule has 2 atom stereocenters. The van der Waals surface area contributed by atoms with Crippen LogP contribution in [0.3, 0.4) is 0 Å². The summed E-state index contributed by atoms with van der Waals surface area (Å²) >= 11 is 5.95. The number of nitrogens with one attached hydrogen (secondary N) is 1. The van der Waals surface area contributed by atoms with Gasteiger partial charge in [-0.2, -0.15) is 0 Å². The molecule has 1 aromatic carbocycles. The zero-order chi connectivity index (χ0) is 16.8. The van der Waals surface area contributed by atoms with Gasteiger partial charge in [-0.1, -0.05) is 30.7 Å². The molecular weight excluding hydrogens is 312 g/mol. The highest BCUT2D eigenvalue weighted by atomic mass is 35.5. The molecular formula is C18H27ClN2O2. The van der Waals surface area contributed by atoms with Crippen LogP contribution in [0.1, 0.15) is 38.2 Å². The van der Waals surface area contributed by atoms with E-state index in [1.165, 1.54) is 5.56 Å². The van der Waals surface area contributed by atoms with E-state index < -0.39 is 0 Å². The first-order chi connectivity index (χ1) is 11.0. The number of hydrogen-bond donors (Lipinski definition) is 1. The monoisotopic (exact) mass is 338 g/mol. The van der Waals surface area contributed by atoms with E-state index in [1.807, 2.05) is 19.2 Å². The Labute approximate surface area is 144 Å². The number of amides is 1. The van der Waals surface area contributed by atoms with Gasteiger partial charge in [0.2, 0.25) is 5.91 Å². The van der Waals surface area contributed by atoms with Crippen LogP contribution in [0.25, 0.3) is 0 Å². The first kappa shape index (κ1) is 18.2. The molecule has 0 bridgehead atoms. The summed E-state index contributed by atoms with van der Waals surface area (Å²) in [4.78, 5) is 14.3. The molecule has 2 rings (SSSR count). The number of hydrogen-bond acceptors (Lipinski definition) is 3. The van der Waals surface area contributed by atoms with Crippen molar-refractivity contribution in [2.45, 2.75) is 44.7 Å². The molecule has 0 unspecified atom stereocenters. The van der Waals surface area contributed by atoms with E-state index in [1.54, 1.807) is 0 Å². The molecule has 1 fully saturated rings. The van der Waals surface area contributed by atoms with Gasteiger partial charge in [0.1, 0.15) is 0 Å². The highest BCUT2D eigenvalue weighted by molar-refractivity contribution is 6.30. The van der Waals surface area contributed by atoms with Gasteiger partial charge in [0.15, 0.2) is 0 Å². The van der Waals surface area contributed by atoms with E-state index in [-0.39, 0.29) is 18.0 Å². The third kappa shape index (κ3) is 5.48. The molecule has 1 aromatic rings. The van der Waals surface area contributed by atoms with Crippen LogP contribution in [0, 0.1) is 0 Å². The van der Waals surface area contributed by atoms with Gasteiger partial charge in [0, 0.05) is 30.3 Å². The van der Waals surface area contributed by atoms with Crippen molar-refractivity contribution in [1.82, 2.24) is 10.2 Å². The summed E-state index contributed by atoms with van der Waals surface area (Å²) in [6, 6.07) is 8.46. The minimum Gasteiger partial charge on any atom is -0.381 e. The molecule has 4 nitrogen and oxygen atoms in total. The van der Waals surface area contributed by atoms with Gasteiger partial charge in [-0.3, -0.25) is 9.69 Å². The summed E-state index contributed by atoms with van der Waals surface area (Å²) in [6.07, 6.45) is 1.82. The van der Waals surface area contributed by atoms with Crippen molar-refractivity contribution >= 4 is 17.5 Å².